The van der Waals surface area contributed by atoms with Gasteiger partial charge in [-0.25, -0.2) is 8.42 Å². The Morgan fingerprint density at radius 1 is 0.962 bits per heavy atom. The van der Waals surface area contributed by atoms with E-state index in [0.717, 1.165) is 5.56 Å². The Hall–Kier alpha value is -1.59. The summed E-state index contributed by atoms with van der Waals surface area (Å²) in [7, 11) is -0.934. The van der Waals surface area contributed by atoms with E-state index in [0.29, 0.717) is 11.3 Å². The first-order chi connectivity index (χ1) is 10.9. The van der Waals surface area contributed by atoms with Gasteiger partial charge in [0.1, 0.15) is 10.1 Å². The number of nitrogens with zero attached hydrogens (tertiary/aromatic N) is 3. The van der Waals surface area contributed by atoms with Crippen molar-refractivity contribution in [1.29, 1.82) is 0 Å². The van der Waals surface area contributed by atoms with Gasteiger partial charge in [-0.15, -0.1) is 5.11 Å². The summed E-state index contributed by atoms with van der Waals surface area (Å²) in [5, 5.41) is 9.50. The Balaban J connectivity index is 0. The fourth-order valence-electron chi connectivity index (χ4n) is 1.83. The molecule has 0 fully saturated rings. The number of rotatable bonds is 5. The molecule has 0 bridgehead atoms. The van der Waals surface area contributed by atoms with Gasteiger partial charge in [0.15, 0.2) is 0 Å². The van der Waals surface area contributed by atoms with Crippen molar-refractivity contribution in [2.24, 2.45) is 10.3 Å². The summed E-state index contributed by atoms with van der Waals surface area (Å²) in [5.74, 6) is 0. The third-order valence-electron chi connectivity index (χ3n) is 2.88. The van der Waals surface area contributed by atoms with Crippen LogP contribution in [0.25, 0.3) is 12.2 Å². The minimum absolute atomic E-state index is 0. The molecular formula is C16H20N3NaO5S. The van der Waals surface area contributed by atoms with E-state index in [-0.39, 0.29) is 45.4 Å². The maximum absolute atomic E-state index is 11.2. The molecule has 0 aliphatic heterocycles. The molecule has 2 aromatic rings. The number of benzene rings is 2. The van der Waals surface area contributed by atoms with E-state index < -0.39 is 10.1 Å². The fourth-order valence-corrected chi connectivity index (χ4v) is 2.50. The van der Waals surface area contributed by atoms with Crippen molar-refractivity contribution in [1.82, 2.24) is 5.01 Å². The quantitative estimate of drug-likeness (QED) is 0.205. The predicted molar refractivity (Wildman–Crippen MR) is 95.2 cm³/mol. The summed E-state index contributed by atoms with van der Waals surface area (Å²) >= 11 is 0. The fraction of sp³-hybridized carbons (Fsp3) is 0.125. The van der Waals surface area contributed by atoms with Gasteiger partial charge in [0.05, 0.1) is 10.6 Å². The molecule has 8 nitrogen and oxygen atoms in total. The number of hydrogen-bond donors (Lipinski definition) is 0. The Kier molecular flexibility index (Phi) is 12.2. The largest absolute Gasteiger partial charge is 1.00 e. The molecule has 0 saturated carbocycles. The first-order valence-electron chi connectivity index (χ1n) is 6.78. The third kappa shape index (κ3) is 8.19. The van der Waals surface area contributed by atoms with Crippen LogP contribution in [0.5, 0.6) is 0 Å². The monoisotopic (exact) mass is 389 g/mol. The van der Waals surface area contributed by atoms with Crippen LogP contribution in [0.4, 0.5) is 5.69 Å². The van der Waals surface area contributed by atoms with Crippen molar-refractivity contribution in [2.75, 3.05) is 14.1 Å². The van der Waals surface area contributed by atoms with Crippen molar-refractivity contribution < 1.29 is 53.5 Å². The van der Waals surface area contributed by atoms with Gasteiger partial charge >= 0.3 is 29.6 Å². The summed E-state index contributed by atoms with van der Waals surface area (Å²) < 4.78 is 33.7. The second-order valence-corrected chi connectivity index (χ2v) is 6.30. The van der Waals surface area contributed by atoms with Crippen molar-refractivity contribution in [3.63, 3.8) is 0 Å². The Labute approximate surface area is 174 Å². The van der Waals surface area contributed by atoms with E-state index in [1.165, 1.54) is 12.1 Å². The van der Waals surface area contributed by atoms with Crippen LogP contribution in [-0.2, 0) is 10.1 Å². The molecule has 136 valence electrons. The zero-order valence-corrected chi connectivity index (χ0v) is 17.6. The van der Waals surface area contributed by atoms with Crippen LogP contribution in [0.3, 0.4) is 0 Å². The summed E-state index contributed by atoms with van der Waals surface area (Å²) in [6.45, 7) is 0. The smallest absolute Gasteiger partial charge is 0.744 e. The van der Waals surface area contributed by atoms with E-state index in [1.807, 2.05) is 12.1 Å². The van der Waals surface area contributed by atoms with Crippen molar-refractivity contribution >= 4 is 28.0 Å². The molecule has 4 N–H and O–H groups in total. The topological polar surface area (TPSA) is 148 Å². The molecule has 0 heterocycles. The summed E-state index contributed by atoms with van der Waals surface area (Å²) in [6, 6.07) is 13.3. The van der Waals surface area contributed by atoms with Crippen LogP contribution in [0, 0.1) is 0 Å². The van der Waals surface area contributed by atoms with E-state index >= 15 is 0 Å². The SMILES string of the molecule is CN(C)/N=N/c1ccc(/C=C\c2ccccc2S(=O)(=O)[O-])cc1.O.O.[Na+]. The molecule has 26 heavy (non-hydrogen) atoms. The zero-order valence-electron chi connectivity index (χ0n) is 14.7. The predicted octanol–water partition coefficient (Wildman–Crippen LogP) is -1.32. The summed E-state index contributed by atoms with van der Waals surface area (Å²) in [5.41, 5.74) is 1.92. The van der Waals surface area contributed by atoms with Crippen LogP contribution in [0.15, 0.2) is 63.8 Å². The van der Waals surface area contributed by atoms with Gasteiger partial charge < -0.3 is 15.5 Å². The molecular weight excluding hydrogens is 369 g/mol. The Morgan fingerprint density at radius 3 is 2.08 bits per heavy atom. The normalized spacial score (nSPS) is 10.7. The molecule has 0 spiro atoms. The van der Waals surface area contributed by atoms with Gasteiger partial charge in [0, 0.05) is 14.1 Å². The maximum atomic E-state index is 11.2. The number of hydrogen-bond acceptors (Lipinski definition) is 5. The molecule has 10 heteroatoms. The van der Waals surface area contributed by atoms with Crippen LogP contribution in [-0.4, -0.2) is 43.0 Å². The average molecular weight is 389 g/mol. The molecule has 0 atom stereocenters. The van der Waals surface area contributed by atoms with E-state index in [9.17, 15) is 13.0 Å². The molecule has 0 saturated heterocycles. The Bertz CT molecular complexity index is 837. The van der Waals surface area contributed by atoms with Crippen LogP contribution >= 0.6 is 0 Å². The van der Waals surface area contributed by atoms with Crippen molar-refractivity contribution in [3.8, 4) is 0 Å². The van der Waals surface area contributed by atoms with Gasteiger partial charge in [0.25, 0.3) is 0 Å². The maximum Gasteiger partial charge on any atom is 1.00 e. The van der Waals surface area contributed by atoms with Crippen LogP contribution < -0.4 is 29.6 Å². The molecule has 2 aromatic carbocycles. The van der Waals surface area contributed by atoms with E-state index in [2.05, 4.69) is 10.3 Å². The minimum Gasteiger partial charge on any atom is -0.744 e. The molecule has 0 aliphatic carbocycles. The van der Waals surface area contributed by atoms with Gasteiger partial charge in [-0.3, -0.25) is 5.01 Å². The average Bonchev–Trinajstić information content (AvgIpc) is 2.51. The Morgan fingerprint density at radius 2 is 1.54 bits per heavy atom. The standard InChI is InChI=1S/C16H17N3O3S.Na.2H2O/c1-19(2)18-17-15-11-8-13(9-12-15)7-10-14-5-3-4-6-16(14)23(20,21)22;;;/h3-12H,1-2H3,(H,20,21,22);;2*1H2/q;+1;;/p-1/b10-7-,18-17+;;;. The molecule has 2 rings (SSSR count). The van der Waals surface area contributed by atoms with Crippen molar-refractivity contribution in [3.05, 3.63) is 59.7 Å². The second kappa shape index (κ2) is 11.9. The minimum atomic E-state index is -4.49. The van der Waals surface area contributed by atoms with Gasteiger partial charge in [-0.2, -0.15) is 0 Å². The first-order valence-corrected chi connectivity index (χ1v) is 8.19. The zero-order chi connectivity index (χ0) is 16.9. The van der Waals surface area contributed by atoms with E-state index in [4.69, 9.17) is 0 Å². The van der Waals surface area contributed by atoms with Crippen molar-refractivity contribution in [2.45, 2.75) is 4.90 Å². The summed E-state index contributed by atoms with van der Waals surface area (Å²) in [6.07, 6.45) is 3.33. The van der Waals surface area contributed by atoms with Gasteiger partial charge in [0.2, 0.25) is 0 Å². The molecule has 0 radical (unpaired) electrons. The van der Waals surface area contributed by atoms with E-state index in [1.54, 1.807) is 55.5 Å². The van der Waals surface area contributed by atoms with Crippen LogP contribution in [0.2, 0.25) is 0 Å². The van der Waals surface area contributed by atoms with Gasteiger partial charge in [-0.05, 0) is 29.3 Å². The van der Waals surface area contributed by atoms with Crippen LogP contribution in [0.1, 0.15) is 11.1 Å². The van der Waals surface area contributed by atoms with Gasteiger partial charge in [-0.1, -0.05) is 47.7 Å². The molecule has 0 amide bonds. The molecule has 0 unspecified atom stereocenters. The molecule has 0 aliphatic rings. The first kappa shape index (κ1) is 26.6. The second-order valence-electron chi connectivity index (χ2n) is 4.95. The third-order valence-corrected chi connectivity index (χ3v) is 3.79. The molecule has 0 aromatic heterocycles. The summed E-state index contributed by atoms with van der Waals surface area (Å²) in [4.78, 5) is -0.229.